The van der Waals surface area contributed by atoms with E-state index in [1.54, 1.807) is 0 Å². The Morgan fingerprint density at radius 1 is 0.408 bits per heavy atom. The van der Waals surface area contributed by atoms with Crippen molar-refractivity contribution in [3.8, 4) is 0 Å². The first kappa shape index (κ1) is 52.7. The molecule has 0 aliphatic heterocycles. The number of unbranched alkanes of at least 4 members (excludes halogenated alkanes) is 6. The van der Waals surface area contributed by atoms with Crippen LogP contribution in [0.4, 0.5) is 0 Å². The SMILES string of the molecule is CC(C)CCCCCOC(=O)/C=C\C(=O)[O-].CC(C)CCCCCOC(=O)/C=C\C(=O)[O-].CC(C)CCCCCOC(=O)/C=C\C(=O)[O-].[Sb+3]. The van der Waals surface area contributed by atoms with Crippen LogP contribution in [0.25, 0.3) is 0 Å². The largest absolute Gasteiger partial charge is 3.00 e. The molecule has 49 heavy (non-hydrogen) atoms. The van der Waals surface area contributed by atoms with E-state index in [0.29, 0.717) is 55.8 Å². The van der Waals surface area contributed by atoms with Crippen molar-refractivity contribution in [3.05, 3.63) is 36.5 Å². The summed E-state index contributed by atoms with van der Waals surface area (Å²) in [5, 5.41) is 29.9. The van der Waals surface area contributed by atoms with Crippen molar-refractivity contribution < 1.29 is 58.3 Å². The zero-order chi connectivity index (χ0) is 37.2. The van der Waals surface area contributed by atoms with E-state index in [0.717, 1.165) is 76.0 Å². The zero-order valence-corrected chi connectivity index (χ0v) is 32.7. The molecule has 0 unspecified atom stereocenters. The van der Waals surface area contributed by atoms with E-state index in [4.69, 9.17) is 14.2 Å². The summed E-state index contributed by atoms with van der Waals surface area (Å²) in [5.41, 5.74) is 0. The summed E-state index contributed by atoms with van der Waals surface area (Å²) in [4.78, 5) is 62.6. The van der Waals surface area contributed by atoms with Gasteiger partial charge in [-0.1, -0.05) is 99.3 Å². The van der Waals surface area contributed by atoms with Crippen LogP contribution in [0, 0.1) is 17.8 Å². The van der Waals surface area contributed by atoms with E-state index in [1.807, 2.05) is 0 Å². The predicted molar refractivity (Wildman–Crippen MR) is 181 cm³/mol. The van der Waals surface area contributed by atoms with Gasteiger partial charge in [-0.15, -0.1) is 0 Å². The molecule has 0 fully saturated rings. The number of carbonyl (C=O) groups excluding carboxylic acids is 6. The van der Waals surface area contributed by atoms with Gasteiger partial charge in [-0.05, 0) is 55.2 Å². The van der Waals surface area contributed by atoms with Crippen LogP contribution < -0.4 is 15.3 Å². The Morgan fingerprint density at radius 3 is 0.816 bits per heavy atom. The van der Waals surface area contributed by atoms with Crippen LogP contribution in [-0.2, 0) is 43.0 Å². The molecule has 0 saturated heterocycles. The van der Waals surface area contributed by atoms with Crippen LogP contribution in [0.2, 0.25) is 0 Å². The van der Waals surface area contributed by atoms with Crippen molar-refractivity contribution >= 4 is 60.2 Å². The molecular formula is C36H57O12Sb. The van der Waals surface area contributed by atoms with Crippen molar-refractivity contribution in [2.45, 2.75) is 119 Å². The third kappa shape index (κ3) is 54.6. The summed E-state index contributed by atoms with van der Waals surface area (Å²) >= 11 is 0. The number of hydrogen-bond acceptors (Lipinski definition) is 12. The Morgan fingerprint density at radius 2 is 0.633 bits per heavy atom. The summed E-state index contributed by atoms with van der Waals surface area (Å²) in [6.07, 6.45) is 17.0. The van der Waals surface area contributed by atoms with E-state index in [9.17, 15) is 44.1 Å². The van der Waals surface area contributed by atoms with E-state index in [-0.39, 0.29) is 24.4 Å². The van der Waals surface area contributed by atoms with Gasteiger partial charge >= 0.3 is 42.3 Å². The van der Waals surface area contributed by atoms with Gasteiger partial charge in [0.25, 0.3) is 0 Å². The van der Waals surface area contributed by atoms with Crippen molar-refractivity contribution in [3.63, 3.8) is 0 Å². The molecule has 0 aliphatic carbocycles. The molecule has 0 saturated carbocycles. The van der Waals surface area contributed by atoms with Crippen molar-refractivity contribution in [1.82, 2.24) is 0 Å². The van der Waals surface area contributed by atoms with Gasteiger partial charge in [-0.25, -0.2) is 14.4 Å². The van der Waals surface area contributed by atoms with Gasteiger partial charge in [0.1, 0.15) is 0 Å². The maximum atomic E-state index is 10.9. The van der Waals surface area contributed by atoms with Crippen LogP contribution in [0.15, 0.2) is 36.5 Å². The van der Waals surface area contributed by atoms with Gasteiger partial charge in [-0.3, -0.25) is 0 Å². The molecule has 0 aromatic rings. The predicted octanol–water partition coefficient (Wildman–Crippen LogP) is 2.78. The normalized spacial score (nSPS) is 10.7. The minimum atomic E-state index is -1.39. The summed E-state index contributed by atoms with van der Waals surface area (Å²) in [5.74, 6) is -3.97. The van der Waals surface area contributed by atoms with Crippen LogP contribution in [0.5, 0.6) is 0 Å². The van der Waals surface area contributed by atoms with Gasteiger partial charge in [0, 0.05) is 18.2 Å². The molecule has 0 aromatic carbocycles. The number of hydrogen-bond donors (Lipinski definition) is 0. The molecule has 0 atom stereocenters. The minimum Gasteiger partial charge on any atom is -0.545 e. The number of carboxylic acids is 3. The molecular weight excluding hydrogens is 746 g/mol. The molecule has 0 amide bonds. The van der Waals surface area contributed by atoms with Gasteiger partial charge in [-0.2, -0.15) is 0 Å². The maximum absolute atomic E-state index is 10.9. The van der Waals surface area contributed by atoms with Crippen molar-refractivity contribution in [2.24, 2.45) is 17.8 Å². The fourth-order valence-corrected chi connectivity index (χ4v) is 3.57. The summed E-state index contributed by atoms with van der Waals surface area (Å²) in [7, 11) is 0. The second kappa shape index (κ2) is 37.7. The smallest absolute Gasteiger partial charge is 0.545 e. The summed E-state index contributed by atoms with van der Waals surface area (Å²) < 4.78 is 14.3. The molecule has 0 bridgehead atoms. The second-order valence-corrected chi connectivity index (χ2v) is 12.2. The van der Waals surface area contributed by atoms with Crippen LogP contribution in [0.3, 0.4) is 0 Å². The van der Waals surface area contributed by atoms with Crippen LogP contribution in [-0.4, -0.2) is 80.1 Å². The van der Waals surface area contributed by atoms with Gasteiger partial charge in [0.15, 0.2) is 0 Å². The molecule has 0 rings (SSSR count). The van der Waals surface area contributed by atoms with Gasteiger partial charge in [0.05, 0.1) is 37.7 Å². The summed E-state index contributed by atoms with van der Waals surface area (Å²) in [6.45, 7) is 14.1. The number of esters is 3. The molecule has 12 nitrogen and oxygen atoms in total. The fraction of sp³-hybridized carbons (Fsp3) is 0.667. The molecule has 2 radical (unpaired) electrons. The number of ether oxygens (including phenoxy) is 3. The van der Waals surface area contributed by atoms with Crippen molar-refractivity contribution in [2.75, 3.05) is 19.8 Å². The van der Waals surface area contributed by atoms with E-state index in [1.165, 1.54) is 19.3 Å². The molecule has 13 heteroatoms. The maximum Gasteiger partial charge on any atom is 3.00 e. The van der Waals surface area contributed by atoms with E-state index < -0.39 is 35.8 Å². The number of carbonyl (C=O) groups is 6. The first-order valence-corrected chi connectivity index (χ1v) is 16.7. The molecule has 0 spiro atoms. The molecule has 0 heterocycles. The Kier molecular flexibility index (Phi) is 40.5. The Labute approximate surface area is 310 Å². The third-order valence-corrected chi connectivity index (χ3v) is 6.08. The van der Waals surface area contributed by atoms with E-state index in [2.05, 4.69) is 41.5 Å². The average molecular weight is 804 g/mol. The molecule has 278 valence electrons. The second-order valence-electron chi connectivity index (χ2n) is 12.2. The average Bonchev–Trinajstić information content (AvgIpc) is 2.99. The topological polar surface area (TPSA) is 199 Å². The first-order chi connectivity index (χ1) is 22.6. The first-order valence-electron chi connectivity index (χ1n) is 16.7. The standard InChI is InChI=1S/3C12H20O4.Sb/c3*1-10(2)6-4-3-5-9-16-12(15)8-7-11(13)14;/h3*7-8,10H,3-6,9H2,1-2H3,(H,13,14);/q;;;+3/p-3/b3*8-7-;. The monoisotopic (exact) mass is 802 g/mol. The minimum absolute atomic E-state index is 0. The Hall–Kier alpha value is -3.14. The Balaban J connectivity index is -0.000000307. The zero-order valence-electron chi connectivity index (χ0n) is 30.1. The van der Waals surface area contributed by atoms with Gasteiger partial charge in [0.2, 0.25) is 0 Å². The number of carboxylic acid groups (broad SMARTS) is 3. The summed E-state index contributed by atoms with van der Waals surface area (Å²) in [6, 6.07) is 0. The molecule has 0 aliphatic rings. The third-order valence-electron chi connectivity index (χ3n) is 6.08. The molecule has 0 N–H and O–H groups in total. The van der Waals surface area contributed by atoms with Crippen LogP contribution >= 0.6 is 0 Å². The number of aliphatic carboxylic acids is 3. The quantitative estimate of drug-likeness (QED) is 0.0455. The van der Waals surface area contributed by atoms with Gasteiger partial charge < -0.3 is 43.9 Å². The Bertz CT molecular complexity index is 861. The van der Waals surface area contributed by atoms with Crippen LogP contribution in [0.1, 0.15) is 119 Å². The number of rotatable bonds is 24. The fourth-order valence-electron chi connectivity index (χ4n) is 3.57. The molecule has 0 aromatic heterocycles. The van der Waals surface area contributed by atoms with Crippen molar-refractivity contribution in [1.29, 1.82) is 0 Å². The van der Waals surface area contributed by atoms with E-state index >= 15 is 0 Å².